The number of hydrogen-bond acceptors (Lipinski definition) is 5. The van der Waals surface area contributed by atoms with E-state index in [-0.39, 0.29) is 29.5 Å². The molecule has 8 heteroatoms. The van der Waals surface area contributed by atoms with Gasteiger partial charge < -0.3 is 19.5 Å². The average molecular weight is 429 g/mol. The summed E-state index contributed by atoms with van der Waals surface area (Å²) in [4.78, 5) is 27.2. The summed E-state index contributed by atoms with van der Waals surface area (Å²) in [6.07, 6.45) is 1.33. The molecule has 1 N–H and O–H groups in total. The van der Waals surface area contributed by atoms with Crippen molar-refractivity contribution in [1.29, 1.82) is 0 Å². The van der Waals surface area contributed by atoms with Crippen LogP contribution in [0, 0.1) is 11.6 Å². The number of hydrogen-bond donors (Lipinski definition) is 1. The van der Waals surface area contributed by atoms with E-state index in [4.69, 9.17) is 9.47 Å². The topological polar surface area (TPSA) is 76.1 Å². The molecule has 0 spiro atoms. The highest BCUT2D eigenvalue weighted by Crippen LogP contribution is 2.41. The highest BCUT2D eigenvalue weighted by atomic mass is 19.1. The summed E-state index contributed by atoms with van der Waals surface area (Å²) in [6.45, 7) is 0.708. The van der Waals surface area contributed by atoms with Gasteiger partial charge in [0.2, 0.25) is 0 Å². The Morgan fingerprint density at radius 3 is 2.52 bits per heavy atom. The van der Waals surface area contributed by atoms with Crippen LogP contribution in [0.5, 0.6) is 5.75 Å². The number of nitrogens with zero attached hydrogens (tertiary/aromatic N) is 1. The lowest BCUT2D eigenvalue weighted by molar-refractivity contribution is -0.140. The van der Waals surface area contributed by atoms with Gasteiger partial charge in [-0.15, -0.1) is 0 Å². The van der Waals surface area contributed by atoms with Gasteiger partial charge in [0.1, 0.15) is 23.1 Å². The zero-order valence-electron chi connectivity index (χ0n) is 16.8. The molecule has 0 aliphatic carbocycles. The van der Waals surface area contributed by atoms with Gasteiger partial charge in [0.25, 0.3) is 11.7 Å². The van der Waals surface area contributed by atoms with Crippen molar-refractivity contribution in [3.05, 3.63) is 70.8 Å². The summed E-state index contributed by atoms with van der Waals surface area (Å²) in [5.74, 6) is -3.25. The van der Waals surface area contributed by atoms with E-state index in [1.807, 2.05) is 0 Å². The van der Waals surface area contributed by atoms with Crippen LogP contribution in [-0.4, -0.2) is 48.1 Å². The fourth-order valence-corrected chi connectivity index (χ4v) is 4.08. The first kappa shape index (κ1) is 21.0. The second-order valence-electron chi connectivity index (χ2n) is 7.48. The minimum Gasteiger partial charge on any atom is -0.507 e. The Hall–Kier alpha value is -3.26. The second-order valence-corrected chi connectivity index (χ2v) is 7.48. The SMILES string of the molecule is COc1ccc(F)cc1/C(O)=C1\C(=O)C(=O)N(CC2CCCO2)C1c1ccc(F)cc1. The van der Waals surface area contributed by atoms with E-state index >= 15 is 0 Å². The molecule has 2 aliphatic heterocycles. The maximum absolute atomic E-state index is 13.9. The van der Waals surface area contributed by atoms with Gasteiger partial charge >= 0.3 is 0 Å². The molecule has 2 fully saturated rings. The van der Waals surface area contributed by atoms with Gasteiger partial charge in [-0.25, -0.2) is 8.78 Å². The summed E-state index contributed by atoms with van der Waals surface area (Å²) >= 11 is 0. The van der Waals surface area contributed by atoms with Crippen molar-refractivity contribution in [2.24, 2.45) is 0 Å². The molecule has 2 aromatic rings. The van der Waals surface area contributed by atoms with Crippen LogP contribution in [0.2, 0.25) is 0 Å². The van der Waals surface area contributed by atoms with Crippen LogP contribution in [0.4, 0.5) is 8.78 Å². The van der Waals surface area contributed by atoms with E-state index in [0.29, 0.717) is 12.2 Å². The summed E-state index contributed by atoms with van der Waals surface area (Å²) in [5, 5.41) is 11.0. The number of methoxy groups -OCH3 is 1. The fourth-order valence-electron chi connectivity index (χ4n) is 4.08. The summed E-state index contributed by atoms with van der Waals surface area (Å²) in [5.41, 5.74) is 0.179. The molecule has 1 amide bonds. The Balaban J connectivity index is 1.87. The van der Waals surface area contributed by atoms with Gasteiger partial charge in [-0.2, -0.15) is 0 Å². The largest absolute Gasteiger partial charge is 0.507 e. The van der Waals surface area contributed by atoms with Crippen molar-refractivity contribution < 1.29 is 33.0 Å². The van der Waals surface area contributed by atoms with Crippen LogP contribution in [0.3, 0.4) is 0 Å². The number of carbonyl (C=O) groups excluding carboxylic acids is 2. The van der Waals surface area contributed by atoms with Crippen LogP contribution in [0.1, 0.15) is 30.0 Å². The first-order valence-corrected chi connectivity index (χ1v) is 9.90. The molecule has 31 heavy (non-hydrogen) atoms. The fraction of sp³-hybridized carbons (Fsp3) is 0.304. The van der Waals surface area contributed by atoms with Crippen molar-refractivity contribution in [2.75, 3.05) is 20.3 Å². The van der Waals surface area contributed by atoms with Crippen LogP contribution >= 0.6 is 0 Å². The Labute approximate surface area is 177 Å². The molecule has 6 nitrogen and oxygen atoms in total. The van der Waals surface area contributed by atoms with Crippen LogP contribution in [0.25, 0.3) is 5.76 Å². The van der Waals surface area contributed by atoms with E-state index in [0.717, 1.165) is 25.0 Å². The van der Waals surface area contributed by atoms with Crippen molar-refractivity contribution in [3.8, 4) is 5.75 Å². The third-order valence-corrected chi connectivity index (χ3v) is 5.57. The highest BCUT2D eigenvalue weighted by molar-refractivity contribution is 6.46. The smallest absolute Gasteiger partial charge is 0.295 e. The van der Waals surface area contributed by atoms with Gasteiger partial charge in [-0.1, -0.05) is 12.1 Å². The number of benzene rings is 2. The van der Waals surface area contributed by atoms with Crippen molar-refractivity contribution >= 4 is 17.4 Å². The third-order valence-electron chi connectivity index (χ3n) is 5.57. The molecule has 0 bridgehead atoms. The lowest BCUT2D eigenvalue weighted by Crippen LogP contribution is -2.36. The van der Waals surface area contributed by atoms with Gasteiger partial charge in [-0.05, 0) is 48.7 Å². The van der Waals surface area contributed by atoms with Crippen LogP contribution in [-0.2, 0) is 14.3 Å². The quantitative estimate of drug-likeness (QED) is 0.447. The van der Waals surface area contributed by atoms with Gasteiger partial charge in [0.05, 0.1) is 30.4 Å². The summed E-state index contributed by atoms with van der Waals surface area (Å²) in [7, 11) is 1.34. The predicted octanol–water partition coefficient (Wildman–Crippen LogP) is 3.57. The zero-order valence-corrected chi connectivity index (χ0v) is 16.8. The Kier molecular flexibility index (Phi) is 5.73. The standard InChI is InChI=1S/C23H21F2NO5/c1-30-18-9-8-15(25)11-17(18)21(27)19-20(13-4-6-14(24)7-5-13)26(23(29)22(19)28)12-16-3-2-10-31-16/h4-9,11,16,20,27H,2-3,10,12H2,1H3/b21-19+. The molecule has 2 heterocycles. The summed E-state index contributed by atoms with van der Waals surface area (Å²) < 4.78 is 38.3. The third kappa shape index (κ3) is 3.90. The number of aliphatic hydroxyl groups excluding tert-OH is 1. The number of amides is 1. The number of ketones is 1. The number of rotatable bonds is 5. The highest BCUT2D eigenvalue weighted by Gasteiger charge is 2.47. The first-order chi connectivity index (χ1) is 14.9. The van der Waals surface area contributed by atoms with E-state index in [2.05, 4.69) is 0 Å². The van der Waals surface area contributed by atoms with Crippen LogP contribution < -0.4 is 4.74 Å². The Morgan fingerprint density at radius 2 is 1.87 bits per heavy atom. The van der Waals surface area contributed by atoms with E-state index in [1.165, 1.54) is 42.3 Å². The molecule has 4 rings (SSSR count). The summed E-state index contributed by atoms with van der Waals surface area (Å²) in [6, 6.07) is 7.85. The van der Waals surface area contributed by atoms with E-state index < -0.39 is 35.1 Å². The maximum atomic E-state index is 13.9. The molecule has 162 valence electrons. The second kappa shape index (κ2) is 8.47. The molecular formula is C23H21F2NO5. The predicted molar refractivity (Wildman–Crippen MR) is 107 cm³/mol. The first-order valence-electron chi connectivity index (χ1n) is 9.90. The molecule has 0 saturated carbocycles. The van der Waals surface area contributed by atoms with E-state index in [1.54, 1.807) is 0 Å². The molecule has 2 aliphatic rings. The average Bonchev–Trinajstić information content (AvgIpc) is 3.36. The molecule has 0 radical (unpaired) electrons. The number of halogens is 2. The van der Waals surface area contributed by atoms with Gasteiger partial charge in [-0.3, -0.25) is 9.59 Å². The van der Waals surface area contributed by atoms with E-state index in [9.17, 15) is 23.5 Å². The number of aliphatic hydroxyl groups is 1. The molecular weight excluding hydrogens is 408 g/mol. The monoisotopic (exact) mass is 429 g/mol. The molecule has 2 saturated heterocycles. The minimum absolute atomic E-state index is 0.0512. The molecule has 0 aromatic heterocycles. The Bertz CT molecular complexity index is 1040. The number of carbonyl (C=O) groups is 2. The molecule has 2 unspecified atom stereocenters. The zero-order chi connectivity index (χ0) is 22.1. The lowest BCUT2D eigenvalue weighted by Gasteiger charge is -2.27. The molecule has 2 aromatic carbocycles. The molecule has 2 atom stereocenters. The lowest BCUT2D eigenvalue weighted by atomic mass is 9.94. The minimum atomic E-state index is -0.974. The van der Waals surface area contributed by atoms with Crippen molar-refractivity contribution in [2.45, 2.75) is 25.0 Å². The number of likely N-dealkylation sites (tertiary alicyclic amines) is 1. The van der Waals surface area contributed by atoms with Gasteiger partial charge in [0.15, 0.2) is 0 Å². The number of Topliss-reactive ketones (excluding diaryl/α,β-unsaturated/α-hetero) is 1. The van der Waals surface area contributed by atoms with Crippen molar-refractivity contribution in [3.63, 3.8) is 0 Å². The number of ether oxygens (including phenoxy) is 2. The maximum Gasteiger partial charge on any atom is 0.295 e. The Morgan fingerprint density at radius 1 is 1.16 bits per heavy atom. The normalized spacial score (nSPS) is 22.9. The van der Waals surface area contributed by atoms with Crippen molar-refractivity contribution in [1.82, 2.24) is 4.90 Å². The van der Waals surface area contributed by atoms with Gasteiger partial charge in [0, 0.05) is 13.2 Å². The van der Waals surface area contributed by atoms with Crippen LogP contribution in [0.15, 0.2) is 48.0 Å².